The number of carbonyl (C=O) groups is 1. The molecular formula is C9H11NO3. The van der Waals surface area contributed by atoms with Crippen molar-refractivity contribution in [2.45, 2.75) is 0 Å². The predicted octanol–water partition coefficient (Wildman–Crippen LogP) is 0.768. The van der Waals surface area contributed by atoms with E-state index >= 15 is 0 Å². The van der Waals surface area contributed by atoms with E-state index in [1.165, 1.54) is 7.11 Å². The van der Waals surface area contributed by atoms with Crippen molar-refractivity contribution in [3.63, 3.8) is 0 Å². The summed E-state index contributed by atoms with van der Waals surface area (Å²) in [5, 5.41) is 0. The van der Waals surface area contributed by atoms with E-state index in [2.05, 4.69) is 0 Å². The van der Waals surface area contributed by atoms with Crippen LogP contribution < -0.4 is 10.5 Å². The minimum atomic E-state index is -0.470. The first-order chi connectivity index (χ1) is 6.24. The van der Waals surface area contributed by atoms with E-state index in [0.29, 0.717) is 11.3 Å². The van der Waals surface area contributed by atoms with Crippen molar-refractivity contribution >= 4 is 5.91 Å². The standard InChI is InChI=1S/C9H11NO3/c1-12-6-13-8-4-2-3-7(5-8)9(10)11/h2-5H,6H2,1H3,(H2,10,11). The third kappa shape index (κ3) is 2.76. The number of amides is 1. The van der Waals surface area contributed by atoms with E-state index in [4.69, 9.17) is 15.2 Å². The van der Waals surface area contributed by atoms with Crippen molar-refractivity contribution in [3.8, 4) is 5.75 Å². The van der Waals surface area contributed by atoms with Crippen molar-refractivity contribution < 1.29 is 14.3 Å². The Hall–Kier alpha value is -1.55. The zero-order valence-corrected chi connectivity index (χ0v) is 7.32. The van der Waals surface area contributed by atoms with Gasteiger partial charge in [0.15, 0.2) is 6.79 Å². The number of rotatable bonds is 4. The third-order valence-electron chi connectivity index (χ3n) is 1.46. The largest absolute Gasteiger partial charge is 0.468 e. The van der Waals surface area contributed by atoms with Gasteiger partial charge in [-0.3, -0.25) is 4.79 Å². The van der Waals surface area contributed by atoms with Crippen LogP contribution in [0.5, 0.6) is 5.75 Å². The number of primary amides is 1. The predicted molar refractivity (Wildman–Crippen MR) is 47.5 cm³/mol. The van der Waals surface area contributed by atoms with Crippen LogP contribution in [0.4, 0.5) is 0 Å². The lowest BCUT2D eigenvalue weighted by Gasteiger charge is -2.04. The van der Waals surface area contributed by atoms with E-state index in [1.54, 1.807) is 24.3 Å². The maximum absolute atomic E-state index is 10.8. The molecule has 0 fully saturated rings. The van der Waals surface area contributed by atoms with Crippen molar-refractivity contribution in [1.82, 2.24) is 0 Å². The van der Waals surface area contributed by atoms with Crippen molar-refractivity contribution in [2.24, 2.45) is 5.73 Å². The Balaban J connectivity index is 2.73. The van der Waals surface area contributed by atoms with Crippen LogP contribution in [0.3, 0.4) is 0 Å². The van der Waals surface area contributed by atoms with Gasteiger partial charge in [-0.15, -0.1) is 0 Å². The molecule has 0 spiro atoms. The van der Waals surface area contributed by atoms with Gasteiger partial charge in [0.2, 0.25) is 5.91 Å². The van der Waals surface area contributed by atoms with E-state index in [1.807, 2.05) is 0 Å². The summed E-state index contributed by atoms with van der Waals surface area (Å²) in [5.41, 5.74) is 5.51. The van der Waals surface area contributed by atoms with Gasteiger partial charge in [-0.25, -0.2) is 0 Å². The Labute approximate surface area is 76.3 Å². The van der Waals surface area contributed by atoms with Crippen LogP contribution in [0.1, 0.15) is 10.4 Å². The third-order valence-corrected chi connectivity index (χ3v) is 1.46. The van der Waals surface area contributed by atoms with E-state index in [9.17, 15) is 4.79 Å². The number of ether oxygens (including phenoxy) is 2. The van der Waals surface area contributed by atoms with Crippen LogP contribution in [-0.4, -0.2) is 19.8 Å². The summed E-state index contributed by atoms with van der Waals surface area (Å²) in [6.45, 7) is 0.155. The molecule has 0 bridgehead atoms. The molecule has 0 atom stereocenters. The molecule has 1 aromatic carbocycles. The van der Waals surface area contributed by atoms with E-state index < -0.39 is 5.91 Å². The van der Waals surface area contributed by atoms with Crippen LogP contribution in [-0.2, 0) is 4.74 Å². The Morgan fingerprint density at radius 2 is 2.31 bits per heavy atom. The minimum Gasteiger partial charge on any atom is -0.468 e. The highest BCUT2D eigenvalue weighted by atomic mass is 16.7. The molecule has 4 nitrogen and oxygen atoms in total. The first kappa shape index (κ1) is 9.54. The van der Waals surface area contributed by atoms with Gasteiger partial charge in [0, 0.05) is 12.7 Å². The van der Waals surface area contributed by atoms with Gasteiger partial charge in [0.25, 0.3) is 0 Å². The number of nitrogens with two attached hydrogens (primary N) is 1. The van der Waals surface area contributed by atoms with Crippen LogP contribution in [0.25, 0.3) is 0 Å². The zero-order valence-electron chi connectivity index (χ0n) is 7.32. The minimum absolute atomic E-state index is 0.155. The number of hydrogen-bond donors (Lipinski definition) is 1. The Morgan fingerprint density at radius 1 is 1.54 bits per heavy atom. The molecule has 70 valence electrons. The fraction of sp³-hybridized carbons (Fsp3) is 0.222. The van der Waals surface area contributed by atoms with Gasteiger partial charge in [-0.1, -0.05) is 6.07 Å². The molecule has 0 unspecified atom stereocenters. The van der Waals surface area contributed by atoms with Crippen LogP contribution in [0.2, 0.25) is 0 Å². The summed E-state index contributed by atoms with van der Waals surface area (Å²) in [6.07, 6.45) is 0. The highest BCUT2D eigenvalue weighted by Crippen LogP contribution is 2.12. The molecule has 0 heterocycles. The Kier molecular flexibility index (Phi) is 3.28. The van der Waals surface area contributed by atoms with Crippen molar-refractivity contribution in [3.05, 3.63) is 29.8 Å². The molecule has 1 aromatic rings. The molecule has 1 amide bonds. The second-order valence-electron chi connectivity index (χ2n) is 2.44. The van der Waals surface area contributed by atoms with Crippen molar-refractivity contribution in [1.29, 1.82) is 0 Å². The van der Waals surface area contributed by atoms with Crippen LogP contribution >= 0.6 is 0 Å². The summed E-state index contributed by atoms with van der Waals surface area (Å²) < 4.78 is 9.82. The number of hydrogen-bond acceptors (Lipinski definition) is 3. The first-order valence-electron chi connectivity index (χ1n) is 3.75. The Bertz CT molecular complexity index is 299. The van der Waals surface area contributed by atoms with Gasteiger partial charge >= 0.3 is 0 Å². The molecule has 1 rings (SSSR count). The van der Waals surface area contributed by atoms with Gasteiger partial charge in [0.05, 0.1) is 0 Å². The summed E-state index contributed by atoms with van der Waals surface area (Å²) in [4.78, 5) is 10.8. The molecule has 2 N–H and O–H groups in total. The lowest BCUT2D eigenvalue weighted by Crippen LogP contribution is -2.11. The maximum Gasteiger partial charge on any atom is 0.248 e. The van der Waals surface area contributed by atoms with Gasteiger partial charge < -0.3 is 15.2 Å². The molecule has 4 heteroatoms. The zero-order chi connectivity index (χ0) is 9.68. The van der Waals surface area contributed by atoms with E-state index in [-0.39, 0.29) is 6.79 Å². The fourth-order valence-corrected chi connectivity index (χ4v) is 0.866. The second-order valence-corrected chi connectivity index (χ2v) is 2.44. The van der Waals surface area contributed by atoms with Gasteiger partial charge in [-0.2, -0.15) is 0 Å². The molecule has 0 saturated heterocycles. The molecule has 0 aromatic heterocycles. The molecule has 0 aliphatic rings. The topological polar surface area (TPSA) is 61.6 Å². The average Bonchev–Trinajstić information content (AvgIpc) is 2.15. The summed E-state index contributed by atoms with van der Waals surface area (Å²) in [5.74, 6) is 0.0982. The quantitative estimate of drug-likeness (QED) is 0.698. The summed E-state index contributed by atoms with van der Waals surface area (Å²) in [7, 11) is 1.53. The normalized spacial score (nSPS) is 9.62. The summed E-state index contributed by atoms with van der Waals surface area (Å²) >= 11 is 0. The maximum atomic E-state index is 10.8. The first-order valence-corrected chi connectivity index (χ1v) is 3.75. The van der Waals surface area contributed by atoms with Crippen LogP contribution in [0.15, 0.2) is 24.3 Å². The molecule has 13 heavy (non-hydrogen) atoms. The highest BCUT2D eigenvalue weighted by Gasteiger charge is 2.00. The van der Waals surface area contributed by atoms with Gasteiger partial charge in [-0.05, 0) is 18.2 Å². The smallest absolute Gasteiger partial charge is 0.248 e. The second kappa shape index (κ2) is 4.47. The lowest BCUT2D eigenvalue weighted by atomic mass is 10.2. The van der Waals surface area contributed by atoms with Crippen molar-refractivity contribution in [2.75, 3.05) is 13.9 Å². The SMILES string of the molecule is COCOc1cccc(C(N)=O)c1. The number of benzene rings is 1. The fourth-order valence-electron chi connectivity index (χ4n) is 0.866. The number of methoxy groups -OCH3 is 1. The van der Waals surface area contributed by atoms with E-state index in [0.717, 1.165) is 0 Å². The number of carbonyl (C=O) groups excluding carboxylic acids is 1. The lowest BCUT2D eigenvalue weighted by molar-refractivity contribution is 0.0510. The van der Waals surface area contributed by atoms with Gasteiger partial charge in [0.1, 0.15) is 5.75 Å². The monoisotopic (exact) mass is 181 g/mol. The Morgan fingerprint density at radius 3 is 2.92 bits per heavy atom. The molecule has 0 aliphatic carbocycles. The van der Waals surface area contributed by atoms with Crippen LogP contribution in [0, 0.1) is 0 Å². The highest BCUT2D eigenvalue weighted by molar-refractivity contribution is 5.93. The molecule has 0 aliphatic heterocycles. The average molecular weight is 181 g/mol. The summed E-state index contributed by atoms with van der Waals surface area (Å²) in [6, 6.07) is 6.62. The molecular weight excluding hydrogens is 170 g/mol. The molecule has 0 saturated carbocycles. The molecule has 0 radical (unpaired) electrons.